The molecule has 2 aromatic rings. The summed E-state index contributed by atoms with van der Waals surface area (Å²) in [4.78, 5) is 36.1. The Morgan fingerprint density at radius 2 is 1.54 bits per heavy atom. The summed E-state index contributed by atoms with van der Waals surface area (Å²) in [7, 11) is 1.24. The van der Waals surface area contributed by atoms with Crippen LogP contribution in [0.3, 0.4) is 0 Å². The van der Waals surface area contributed by atoms with Gasteiger partial charge in [0.25, 0.3) is 0 Å². The summed E-state index contributed by atoms with van der Waals surface area (Å²) in [6, 6.07) is 9.19. The van der Waals surface area contributed by atoms with Gasteiger partial charge in [0.1, 0.15) is 0 Å². The maximum Gasteiger partial charge on any atom is 0.514 e. The fourth-order valence-electron chi connectivity index (χ4n) is 4.00. The smallest absolute Gasteiger partial charge is 0.463 e. The van der Waals surface area contributed by atoms with Crippen molar-refractivity contribution in [1.29, 1.82) is 0 Å². The van der Waals surface area contributed by atoms with E-state index in [0.717, 1.165) is 30.4 Å². The van der Waals surface area contributed by atoms with E-state index >= 15 is 0 Å². The molecule has 0 aliphatic rings. The summed E-state index contributed by atoms with van der Waals surface area (Å²) in [6.07, 6.45) is 15.2. The van der Waals surface area contributed by atoms with Gasteiger partial charge in [-0.25, -0.2) is 9.59 Å². The van der Waals surface area contributed by atoms with Crippen molar-refractivity contribution in [3.8, 4) is 5.88 Å². The molecule has 0 saturated heterocycles. The van der Waals surface area contributed by atoms with Gasteiger partial charge in [0, 0.05) is 30.3 Å². The Labute approximate surface area is 220 Å². The van der Waals surface area contributed by atoms with Gasteiger partial charge >= 0.3 is 12.1 Å². The number of nitrogens with zero attached hydrogens (tertiary/aromatic N) is 1. The maximum atomic E-state index is 12.8. The van der Waals surface area contributed by atoms with Gasteiger partial charge < -0.3 is 18.8 Å². The van der Waals surface area contributed by atoms with Crippen molar-refractivity contribution in [3.63, 3.8) is 0 Å². The second-order valence-corrected chi connectivity index (χ2v) is 9.08. The van der Waals surface area contributed by atoms with Gasteiger partial charge in [0.2, 0.25) is 5.88 Å². The van der Waals surface area contributed by atoms with Gasteiger partial charge in [0.15, 0.2) is 5.78 Å². The number of aromatic nitrogens is 1. The molecular weight excluding hydrogens is 470 g/mol. The number of hydrogen-bond acceptors (Lipinski definition) is 6. The normalized spacial score (nSPS) is 11.0. The molecule has 0 unspecified atom stereocenters. The molecule has 7 heteroatoms. The zero-order chi connectivity index (χ0) is 26.9. The molecule has 1 aromatic heterocycles. The molecule has 0 bridgehead atoms. The van der Waals surface area contributed by atoms with Crippen molar-refractivity contribution in [2.45, 2.75) is 84.6 Å². The zero-order valence-corrected chi connectivity index (χ0v) is 22.5. The summed E-state index contributed by atoms with van der Waals surface area (Å²) in [5.74, 6) is -0.0902. The van der Waals surface area contributed by atoms with E-state index < -0.39 is 6.16 Å². The van der Waals surface area contributed by atoms with Crippen LogP contribution in [0.4, 0.5) is 4.79 Å². The molecule has 1 aromatic carbocycles. The lowest BCUT2D eigenvalue weighted by atomic mass is 10.0. The number of hydrogen-bond donors (Lipinski definition) is 0. The van der Waals surface area contributed by atoms with Crippen molar-refractivity contribution in [3.05, 3.63) is 59.3 Å². The van der Waals surface area contributed by atoms with Crippen molar-refractivity contribution < 1.29 is 28.6 Å². The Bertz CT molecular complexity index is 1010. The fraction of sp³-hybridized carbons (Fsp3) is 0.500. The summed E-state index contributed by atoms with van der Waals surface area (Å²) in [6.45, 7) is 4.72. The molecule has 37 heavy (non-hydrogen) atoms. The SMILES string of the molecule is CCCCCCCCCCCC(=O)c1cc(OC(=O)OC)n(Cc2ccc(/C=C/C(=O)OCC)cc2)c1. The predicted octanol–water partition coefficient (Wildman–Crippen LogP) is 7.36. The monoisotopic (exact) mass is 511 g/mol. The van der Waals surface area contributed by atoms with E-state index in [1.807, 2.05) is 24.3 Å². The van der Waals surface area contributed by atoms with Crippen LogP contribution in [-0.4, -0.2) is 36.2 Å². The quantitative estimate of drug-likeness (QED) is 0.0955. The van der Waals surface area contributed by atoms with Crippen LogP contribution in [0.2, 0.25) is 0 Å². The highest BCUT2D eigenvalue weighted by Gasteiger charge is 2.16. The van der Waals surface area contributed by atoms with Crippen LogP contribution < -0.4 is 4.74 Å². The number of esters is 1. The third-order valence-corrected chi connectivity index (χ3v) is 6.07. The topological polar surface area (TPSA) is 83.8 Å². The molecule has 0 aliphatic carbocycles. The molecule has 0 spiro atoms. The number of methoxy groups -OCH3 is 1. The Morgan fingerprint density at radius 1 is 0.892 bits per heavy atom. The highest BCUT2D eigenvalue weighted by Crippen LogP contribution is 2.22. The molecule has 1 heterocycles. The van der Waals surface area contributed by atoms with E-state index in [-0.39, 0.29) is 17.6 Å². The van der Waals surface area contributed by atoms with Crippen LogP contribution >= 0.6 is 0 Å². The highest BCUT2D eigenvalue weighted by atomic mass is 16.7. The second kappa shape index (κ2) is 17.2. The predicted molar refractivity (Wildman–Crippen MR) is 145 cm³/mol. The Morgan fingerprint density at radius 3 is 2.16 bits per heavy atom. The lowest BCUT2D eigenvalue weighted by Gasteiger charge is -2.09. The summed E-state index contributed by atoms with van der Waals surface area (Å²) >= 11 is 0. The molecule has 2 rings (SSSR count). The standard InChI is InChI=1S/C30H41NO6/c1-4-6-7-8-9-10-11-12-13-14-27(32)26-21-28(37-30(34)35-3)31(23-26)22-25-17-15-24(16-18-25)19-20-29(33)36-5-2/h15-21,23H,4-14,22H2,1-3H3/b20-19+. The molecule has 0 saturated carbocycles. The third-order valence-electron chi connectivity index (χ3n) is 6.07. The van der Waals surface area contributed by atoms with E-state index in [4.69, 9.17) is 9.47 Å². The average molecular weight is 512 g/mol. The fourth-order valence-corrected chi connectivity index (χ4v) is 4.00. The second-order valence-electron chi connectivity index (χ2n) is 9.08. The van der Waals surface area contributed by atoms with Gasteiger partial charge in [-0.2, -0.15) is 0 Å². The number of Topliss-reactive ketones (excluding diaryl/α,β-unsaturated/α-hetero) is 1. The number of ether oxygens (including phenoxy) is 3. The first-order valence-corrected chi connectivity index (χ1v) is 13.4. The van der Waals surface area contributed by atoms with Gasteiger partial charge in [-0.1, -0.05) is 82.6 Å². The molecule has 0 fully saturated rings. The number of ketones is 1. The van der Waals surface area contributed by atoms with E-state index in [1.165, 1.54) is 51.7 Å². The summed E-state index contributed by atoms with van der Waals surface area (Å²) in [5.41, 5.74) is 2.32. The molecule has 202 valence electrons. The van der Waals surface area contributed by atoms with Crippen molar-refractivity contribution in [2.24, 2.45) is 0 Å². The minimum atomic E-state index is -0.836. The lowest BCUT2D eigenvalue weighted by molar-refractivity contribution is -0.137. The third kappa shape index (κ3) is 11.5. The molecular formula is C30H41NO6. The first-order chi connectivity index (χ1) is 18.0. The van der Waals surface area contributed by atoms with Gasteiger partial charge in [-0.05, 0) is 30.5 Å². The Kier molecular flexibility index (Phi) is 13.9. The molecule has 0 radical (unpaired) electrons. The first kappa shape index (κ1) is 29.9. The van der Waals surface area contributed by atoms with Gasteiger partial charge in [-0.3, -0.25) is 4.79 Å². The number of carbonyl (C=O) groups is 3. The molecule has 0 atom stereocenters. The van der Waals surface area contributed by atoms with Crippen LogP contribution in [0, 0.1) is 0 Å². The summed E-state index contributed by atoms with van der Waals surface area (Å²) in [5, 5.41) is 0. The molecule has 7 nitrogen and oxygen atoms in total. The average Bonchev–Trinajstić information content (AvgIpc) is 3.29. The van der Waals surface area contributed by atoms with Crippen LogP contribution in [0.25, 0.3) is 6.08 Å². The van der Waals surface area contributed by atoms with Crippen molar-refractivity contribution in [1.82, 2.24) is 4.57 Å². The zero-order valence-electron chi connectivity index (χ0n) is 22.5. The maximum absolute atomic E-state index is 12.8. The van der Waals surface area contributed by atoms with E-state index in [9.17, 15) is 14.4 Å². The number of carbonyl (C=O) groups excluding carboxylic acids is 3. The van der Waals surface area contributed by atoms with E-state index in [1.54, 1.807) is 29.8 Å². The van der Waals surface area contributed by atoms with E-state index in [0.29, 0.717) is 25.1 Å². The molecule has 0 amide bonds. The molecule has 0 aliphatic heterocycles. The van der Waals surface area contributed by atoms with Gasteiger partial charge in [0.05, 0.1) is 20.3 Å². The highest BCUT2D eigenvalue weighted by molar-refractivity contribution is 5.96. The van der Waals surface area contributed by atoms with Crippen LogP contribution in [-0.2, 0) is 20.8 Å². The number of benzene rings is 1. The lowest BCUT2D eigenvalue weighted by Crippen LogP contribution is -2.11. The Hall–Kier alpha value is -3.35. The largest absolute Gasteiger partial charge is 0.514 e. The summed E-state index contributed by atoms with van der Waals surface area (Å²) < 4.78 is 16.5. The first-order valence-electron chi connectivity index (χ1n) is 13.4. The van der Waals surface area contributed by atoms with E-state index in [2.05, 4.69) is 11.7 Å². The van der Waals surface area contributed by atoms with Crippen molar-refractivity contribution in [2.75, 3.05) is 13.7 Å². The number of rotatable bonds is 17. The minimum Gasteiger partial charge on any atom is -0.463 e. The van der Waals surface area contributed by atoms with Crippen LogP contribution in [0.1, 0.15) is 99.5 Å². The minimum absolute atomic E-state index is 0.0378. The van der Waals surface area contributed by atoms with Crippen LogP contribution in [0.15, 0.2) is 42.6 Å². The van der Waals surface area contributed by atoms with Crippen LogP contribution in [0.5, 0.6) is 5.88 Å². The van der Waals surface area contributed by atoms with Gasteiger partial charge in [-0.15, -0.1) is 0 Å². The molecule has 0 N–H and O–H groups in total. The Balaban J connectivity index is 1.95. The van der Waals surface area contributed by atoms with Crippen molar-refractivity contribution >= 4 is 24.0 Å². The number of unbranched alkanes of at least 4 members (excludes halogenated alkanes) is 8.